The van der Waals surface area contributed by atoms with Crippen LogP contribution < -0.4 is 0 Å². The van der Waals surface area contributed by atoms with E-state index < -0.39 is 40.4 Å². The first-order chi connectivity index (χ1) is 14.9. The number of carbonyl (C=O) groups excluding carboxylic acids is 4. The van der Waals surface area contributed by atoms with Crippen molar-refractivity contribution >= 4 is 35.3 Å². The largest absolute Gasteiger partial charge is 0.462 e. The van der Waals surface area contributed by atoms with Crippen LogP contribution in [0.4, 0.5) is 0 Å². The molecule has 0 unspecified atom stereocenters. The molecule has 8 heteroatoms. The summed E-state index contributed by atoms with van der Waals surface area (Å²) in [6.07, 6.45) is 4.24. The Bertz CT molecular complexity index is 967. The lowest BCUT2D eigenvalue weighted by molar-refractivity contribution is -0.204. The van der Waals surface area contributed by atoms with Crippen molar-refractivity contribution in [2.45, 2.75) is 65.6 Å². The van der Waals surface area contributed by atoms with Gasteiger partial charge in [-0.15, -0.1) is 0 Å². The quantitative estimate of drug-likeness (QED) is 0.466. The molecule has 1 heterocycles. The number of allylic oxidation sites excluding steroid dienone is 2. The van der Waals surface area contributed by atoms with Crippen LogP contribution in [0.15, 0.2) is 22.8 Å². The number of Topliss-reactive ketones (excluding diaryl/α,β-unsaturated/α-hetero) is 1. The molecule has 0 amide bonds. The molecule has 0 aromatic carbocycles. The minimum absolute atomic E-state index is 0.0601. The molecule has 0 aromatic heterocycles. The first-order valence-corrected chi connectivity index (χ1v) is 11.4. The molecule has 4 aliphatic rings. The van der Waals surface area contributed by atoms with E-state index in [1.165, 1.54) is 26.8 Å². The molecule has 4 rings (SSSR count). The maximum atomic E-state index is 13.1. The highest BCUT2D eigenvalue weighted by atomic mass is 35.5. The molecule has 2 saturated carbocycles. The molecule has 0 N–H and O–H groups in total. The Balaban J connectivity index is 1.85. The van der Waals surface area contributed by atoms with Gasteiger partial charge in [-0.05, 0) is 49.5 Å². The maximum Gasteiger partial charge on any atom is 0.331 e. The third-order valence-corrected chi connectivity index (χ3v) is 8.76. The van der Waals surface area contributed by atoms with Gasteiger partial charge in [0.15, 0.2) is 5.78 Å². The van der Waals surface area contributed by atoms with E-state index >= 15 is 0 Å². The normalized spacial score (nSPS) is 42.4. The Morgan fingerprint density at radius 1 is 1.12 bits per heavy atom. The summed E-state index contributed by atoms with van der Waals surface area (Å²) < 4.78 is 16.8. The Labute approximate surface area is 192 Å². The monoisotopic (exact) mass is 464 g/mol. The number of ketones is 1. The van der Waals surface area contributed by atoms with E-state index in [1.54, 1.807) is 0 Å². The highest BCUT2D eigenvalue weighted by molar-refractivity contribution is 6.32. The fraction of sp³-hybridized carbons (Fsp3) is 0.667. The SMILES string of the molecule is CC(=O)O[C@@H]1C[C@H]2[C@@H]3C=C(Cl)C4=CC(=O)OC[C@]4(C)[C@H]3CC[C@]2(C)[C@@]1(OC(C)=O)C(C)=O. The van der Waals surface area contributed by atoms with Crippen molar-refractivity contribution < 1.29 is 33.4 Å². The lowest BCUT2D eigenvalue weighted by Gasteiger charge is -2.57. The number of carbonyl (C=O) groups is 4. The molecule has 0 spiro atoms. The molecule has 0 saturated heterocycles. The number of fused-ring (bicyclic) bond motifs is 5. The highest BCUT2D eigenvalue weighted by Crippen LogP contribution is 2.67. The minimum atomic E-state index is -1.56. The maximum absolute atomic E-state index is 13.1. The molecule has 7 atom stereocenters. The molecule has 7 nitrogen and oxygen atoms in total. The van der Waals surface area contributed by atoms with Gasteiger partial charge in [0.25, 0.3) is 0 Å². The van der Waals surface area contributed by atoms with Crippen LogP contribution >= 0.6 is 11.6 Å². The number of hydrogen-bond donors (Lipinski definition) is 0. The first kappa shape index (κ1) is 23.0. The lowest BCUT2D eigenvalue weighted by Crippen LogP contribution is -2.62. The molecule has 174 valence electrons. The molecule has 0 radical (unpaired) electrons. The molecular weight excluding hydrogens is 436 g/mol. The molecule has 0 bridgehead atoms. The zero-order valence-corrected chi connectivity index (χ0v) is 19.8. The highest BCUT2D eigenvalue weighted by Gasteiger charge is 2.73. The average Bonchev–Trinajstić information content (AvgIpc) is 2.92. The van der Waals surface area contributed by atoms with Gasteiger partial charge in [-0.25, -0.2) is 4.79 Å². The number of ether oxygens (including phenoxy) is 3. The average molecular weight is 465 g/mol. The van der Waals surface area contributed by atoms with E-state index in [1.807, 2.05) is 13.0 Å². The van der Waals surface area contributed by atoms with Crippen molar-refractivity contribution in [1.82, 2.24) is 0 Å². The number of hydrogen-bond acceptors (Lipinski definition) is 7. The summed E-state index contributed by atoms with van der Waals surface area (Å²) in [5, 5.41) is 0.506. The Kier molecular flexibility index (Phi) is 5.35. The molecule has 2 fully saturated rings. The molecule has 32 heavy (non-hydrogen) atoms. The number of cyclic esters (lactones) is 1. The Morgan fingerprint density at radius 2 is 1.81 bits per heavy atom. The fourth-order valence-corrected chi connectivity index (χ4v) is 7.54. The molecule has 0 aromatic rings. The molecule has 3 aliphatic carbocycles. The predicted molar refractivity (Wildman–Crippen MR) is 114 cm³/mol. The van der Waals surface area contributed by atoms with Crippen LogP contribution in [0.2, 0.25) is 0 Å². The van der Waals surface area contributed by atoms with Crippen LogP contribution in [0, 0.1) is 28.6 Å². The van der Waals surface area contributed by atoms with Crippen LogP contribution in [-0.2, 0) is 33.4 Å². The van der Waals surface area contributed by atoms with Gasteiger partial charge in [-0.3, -0.25) is 14.4 Å². The van der Waals surface area contributed by atoms with Crippen molar-refractivity contribution in [3.8, 4) is 0 Å². The van der Waals surface area contributed by atoms with E-state index in [4.69, 9.17) is 25.8 Å². The van der Waals surface area contributed by atoms with Gasteiger partial charge in [-0.1, -0.05) is 31.5 Å². The fourth-order valence-electron chi connectivity index (χ4n) is 7.13. The molecular formula is C24H29ClO7. The van der Waals surface area contributed by atoms with Gasteiger partial charge in [0.2, 0.25) is 5.60 Å². The Hall–Kier alpha value is -2.15. The van der Waals surface area contributed by atoms with Crippen molar-refractivity contribution in [3.05, 3.63) is 22.8 Å². The van der Waals surface area contributed by atoms with Crippen molar-refractivity contribution in [3.63, 3.8) is 0 Å². The van der Waals surface area contributed by atoms with Gasteiger partial charge < -0.3 is 14.2 Å². The van der Waals surface area contributed by atoms with E-state index in [9.17, 15) is 19.2 Å². The number of halogens is 1. The summed E-state index contributed by atoms with van der Waals surface area (Å²) in [6, 6.07) is 0. The van der Waals surface area contributed by atoms with Gasteiger partial charge in [-0.2, -0.15) is 0 Å². The van der Waals surface area contributed by atoms with E-state index in [0.29, 0.717) is 24.3 Å². The zero-order chi connectivity index (χ0) is 23.6. The number of rotatable bonds is 3. The van der Waals surface area contributed by atoms with Crippen LogP contribution in [0.1, 0.15) is 53.9 Å². The van der Waals surface area contributed by atoms with E-state index in [0.717, 1.165) is 5.57 Å². The minimum Gasteiger partial charge on any atom is -0.462 e. The third kappa shape index (κ3) is 3.00. The number of esters is 3. The second kappa shape index (κ2) is 7.44. The van der Waals surface area contributed by atoms with E-state index in [-0.39, 0.29) is 30.1 Å². The molecule has 1 aliphatic heterocycles. The lowest BCUT2D eigenvalue weighted by atomic mass is 9.49. The van der Waals surface area contributed by atoms with Gasteiger partial charge in [0.1, 0.15) is 12.7 Å². The van der Waals surface area contributed by atoms with Crippen molar-refractivity contribution in [2.75, 3.05) is 6.61 Å². The predicted octanol–water partition coefficient (Wildman–Crippen LogP) is 3.49. The summed E-state index contributed by atoms with van der Waals surface area (Å²) in [5.41, 5.74) is -1.97. The summed E-state index contributed by atoms with van der Waals surface area (Å²) in [5.74, 6) is -1.92. The summed E-state index contributed by atoms with van der Waals surface area (Å²) in [6.45, 7) is 8.20. The van der Waals surface area contributed by atoms with Crippen LogP contribution in [0.3, 0.4) is 0 Å². The summed E-state index contributed by atoms with van der Waals surface area (Å²) in [4.78, 5) is 49.1. The third-order valence-electron chi connectivity index (χ3n) is 8.43. The standard InChI is InChI=1S/C24H29ClO7/c1-12(26)24(32-14(3)28)20(31-13(2)27)9-17-15-8-19(25)18-10-21(29)30-11-22(18,4)16(15)6-7-23(17,24)5/h8,10,15-17,20H,6-7,9,11H2,1-5H3/t15-,16+,17+,20-,22-,23+,24-/m1/s1. The van der Waals surface area contributed by atoms with Gasteiger partial charge in [0.05, 0.1) is 0 Å². The second-order valence-electron chi connectivity index (χ2n) is 10.1. The van der Waals surface area contributed by atoms with Crippen LogP contribution in [0.25, 0.3) is 0 Å². The topological polar surface area (TPSA) is 96.0 Å². The summed E-state index contributed by atoms with van der Waals surface area (Å²) in [7, 11) is 0. The summed E-state index contributed by atoms with van der Waals surface area (Å²) >= 11 is 6.69. The second-order valence-corrected chi connectivity index (χ2v) is 10.5. The van der Waals surface area contributed by atoms with Gasteiger partial charge in [0, 0.05) is 35.8 Å². The Morgan fingerprint density at radius 3 is 2.41 bits per heavy atom. The smallest absolute Gasteiger partial charge is 0.331 e. The van der Waals surface area contributed by atoms with Crippen LogP contribution in [-0.4, -0.2) is 42.0 Å². The van der Waals surface area contributed by atoms with Crippen LogP contribution in [0.5, 0.6) is 0 Å². The van der Waals surface area contributed by atoms with E-state index in [2.05, 4.69) is 6.92 Å². The van der Waals surface area contributed by atoms with Gasteiger partial charge >= 0.3 is 17.9 Å². The first-order valence-electron chi connectivity index (χ1n) is 11.0. The van der Waals surface area contributed by atoms with Crippen molar-refractivity contribution in [1.29, 1.82) is 0 Å². The zero-order valence-electron chi connectivity index (χ0n) is 19.0. The van der Waals surface area contributed by atoms with Crippen molar-refractivity contribution in [2.24, 2.45) is 28.6 Å².